The van der Waals surface area contributed by atoms with Crippen molar-refractivity contribution in [2.75, 3.05) is 13.2 Å². The number of hydrogen-bond acceptors (Lipinski definition) is 5. The molecule has 1 N–H and O–H groups in total. The first kappa shape index (κ1) is 23.4. The van der Waals surface area contributed by atoms with Gasteiger partial charge in [-0.2, -0.15) is 5.10 Å². The van der Waals surface area contributed by atoms with E-state index in [1.165, 1.54) is 18.1 Å². The SMILES string of the molecule is CCCNC(=O)N(Cc1ccccc1)Sc1c(C(=O)OCC)cnn1Cc1ccccc1. The van der Waals surface area contributed by atoms with Crippen LogP contribution in [-0.2, 0) is 17.8 Å². The number of ether oxygens (including phenoxy) is 1. The fourth-order valence-corrected chi connectivity index (χ4v) is 4.02. The van der Waals surface area contributed by atoms with E-state index in [1.807, 2.05) is 67.6 Å². The molecule has 1 heterocycles. The fourth-order valence-electron chi connectivity index (χ4n) is 3.01. The molecule has 2 aromatic carbocycles. The minimum absolute atomic E-state index is 0.219. The zero-order valence-electron chi connectivity index (χ0n) is 18.4. The molecule has 0 saturated carbocycles. The lowest BCUT2D eigenvalue weighted by molar-refractivity contribution is 0.0521. The highest BCUT2D eigenvalue weighted by Gasteiger charge is 2.25. The fraction of sp³-hybridized carbons (Fsp3) is 0.292. The molecule has 3 rings (SSSR count). The van der Waals surface area contributed by atoms with Crippen LogP contribution in [0.25, 0.3) is 0 Å². The van der Waals surface area contributed by atoms with E-state index >= 15 is 0 Å². The van der Waals surface area contributed by atoms with Crippen LogP contribution >= 0.6 is 11.9 Å². The van der Waals surface area contributed by atoms with Gasteiger partial charge < -0.3 is 10.1 Å². The third-order valence-electron chi connectivity index (χ3n) is 4.58. The summed E-state index contributed by atoms with van der Waals surface area (Å²) in [7, 11) is 0. The van der Waals surface area contributed by atoms with Gasteiger partial charge in [-0.25, -0.2) is 9.59 Å². The molecule has 0 radical (unpaired) electrons. The number of nitrogens with one attached hydrogen (secondary N) is 1. The molecular weight excluding hydrogens is 424 g/mol. The van der Waals surface area contributed by atoms with Gasteiger partial charge in [0.15, 0.2) is 0 Å². The van der Waals surface area contributed by atoms with Crippen molar-refractivity contribution in [2.45, 2.75) is 38.4 Å². The quantitative estimate of drug-likeness (QED) is 0.355. The Hall–Kier alpha value is -3.26. The number of amides is 2. The Morgan fingerprint density at radius 3 is 2.31 bits per heavy atom. The van der Waals surface area contributed by atoms with Gasteiger partial charge in [0.05, 0.1) is 25.9 Å². The number of rotatable bonds is 10. The van der Waals surface area contributed by atoms with E-state index in [1.54, 1.807) is 15.9 Å². The maximum Gasteiger partial charge on any atom is 0.342 e. The van der Waals surface area contributed by atoms with Gasteiger partial charge in [-0.15, -0.1) is 0 Å². The van der Waals surface area contributed by atoms with Gasteiger partial charge in [-0.3, -0.25) is 8.99 Å². The zero-order valence-corrected chi connectivity index (χ0v) is 19.2. The van der Waals surface area contributed by atoms with Gasteiger partial charge in [0.2, 0.25) is 0 Å². The Bertz CT molecular complexity index is 1010. The molecule has 0 aliphatic heterocycles. The molecule has 0 aliphatic carbocycles. The summed E-state index contributed by atoms with van der Waals surface area (Å²) in [6.07, 6.45) is 2.34. The summed E-state index contributed by atoms with van der Waals surface area (Å²) in [5.41, 5.74) is 2.37. The van der Waals surface area contributed by atoms with Gasteiger partial charge in [-0.05, 0) is 24.5 Å². The first-order chi connectivity index (χ1) is 15.6. The monoisotopic (exact) mass is 452 g/mol. The standard InChI is InChI=1S/C24H28N4O3S/c1-3-15-25-24(30)28(18-20-13-9-6-10-14-20)32-22-21(23(29)31-4-2)16-26-27(22)17-19-11-7-5-8-12-19/h5-14,16H,3-4,15,17-18H2,1-2H3,(H,25,30). The van der Waals surface area contributed by atoms with Crippen LogP contribution in [0.4, 0.5) is 4.79 Å². The Morgan fingerprint density at radius 1 is 1.03 bits per heavy atom. The number of urea groups is 1. The van der Waals surface area contributed by atoms with Crippen molar-refractivity contribution in [1.82, 2.24) is 19.4 Å². The molecule has 0 aliphatic rings. The number of carbonyl (C=O) groups excluding carboxylic acids is 2. The second kappa shape index (κ2) is 12.0. The summed E-state index contributed by atoms with van der Waals surface area (Å²) >= 11 is 1.20. The van der Waals surface area contributed by atoms with Crippen molar-refractivity contribution in [3.63, 3.8) is 0 Å². The summed E-state index contributed by atoms with van der Waals surface area (Å²) in [6, 6.07) is 19.4. The molecule has 0 fully saturated rings. The van der Waals surface area contributed by atoms with Gasteiger partial charge in [0, 0.05) is 18.5 Å². The summed E-state index contributed by atoms with van der Waals surface area (Å²) in [5.74, 6) is -0.456. The topological polar surface area (TPSA) is 76.5 Å². The van der Waals surface area contributed by atoms with E-state index < -0.39 is 5.97 Å². The van der Waals surface area contributed by atoms with Gasteiger partial charge >= 0.3 is 12.0 Å². The van der Waals surface area contributed by atoms with Gasteiger partial charge in [0.25, 0.3) is 0 Å². The number of hydrogen-bond donors (Lipinski definition) is 1. The molecule has 7 nitrogen and oxygen atoms in total. The molecule has 1 aromatic heterocycles. The van der Waals surface area contributed by atoms with Crippen LogP contribution in [0.2, 0.25) is 0 Å². The highest BCUT2D eigenvalue weighted by molar-refractivity contribution is 7.97. The molecule has 0 bridgehead atoms. The van der Waals surface area contributed by atoms with Crippen molar-refractivity contribution in [1.29, 1.82) is 0 Å². The number of aromatic nitrogens is 2. The maximum atomic E-state index is 13.0. The van der Waals surface area contributed by atoms with Crippen molar-refractivity contribution in [3.05, 3.63) is 83.6 Å². The largest absolute Gasteiger partial charge is 0.462 e. The smallest absolute Gasteiger partial charge is 0.342 e. The molecule has 0 unspecified atom stereocenters. The maximum absolute atomic E-state index is 13.0. The minimum atomic E-state index is -0.456. The van der Waals surface area contributed by atoms with Gasteiger partial charge in [0.1, 0.15) is 10.6 Å². The van der Waals surface area contributed by atoms with Crippen LogP contribution < -0.4 is 5.32 Å². The molecule has 0 atom stereocenters. The van der Waals surface area contributed by atoms with Crippen LogP contribution in [0.3, 0.4) is 0 Å². The molecule has 2 amide bonds. The molecule has 32 heavy (non-hydrogen) atoms. The summed E-state index contributed by atoms with van der Waals surface area (Å²) in [4.78, 5) is 25.6. The first-order valence-corrected chi connectivity index (χ1v) is 11.4. The van der Waals surface area contributed by atoms with E-state index in [9.17, 15) is 9.59 Å². The Kier molecular flexibility index (Phi) is 8.74. The summed E-state index contributed by atoms with van der Waals surface area (Å²) in [6.45, 7) is 5.44. The molecule has 0 spiro atoms. The van der Waals surface area contributed by atoms with E-state index in [-0.39, 0.29) is 12.6 Å². The predicted octanol–water partition coefficient (Wildman–Crippen LogP) is 4.74. The van der Waals surface area contributed by atoms with E-state index in [4.69, 9.17) is 4.74 Å². The van der Waals surface area contributed by atoms with E-state index in [2.05, 4.69) is 10.4 Å². The summed E-state index contributed by atoms with van der Waals surface area (Å²) < 4.78 is 8.58. The Balaban J connectivity index is 1.93. The number of nitrogens with zero attached hydrogens (tertiary/aromatic N) is 3. The zero-order chi connectivity index (χ0) is 22.8. The Labute approximate surface area is 192 Å². The van der Waals surface area contributed by atoms with Crippen LogP contribution in [-0.4, -0.2) is 39.2 Å². The minimum Gasteiger partial charge on any atom is -0.462 e. The molecular formula is C24H28N4O3S. The number of benzene rings is 2. The molecule has 168 valence electrons. The number of carbonyl (C=O) groups is 2. The van der Waals surface area contributed by atoms with E-state index in [0.29, 0.717) is 30.2 Å². The second-order valence-electron chi connectivity index (χ2n) is 7.07. The highest BCUT2D eigenvalue weighted by Crippen LogP contribution is 2.29. The van der Waals surface area contributed by atoms with Crippen molar-refractivity contribution in [3.8, 4) is 0 Å². The lowest BCUT2D eigenvalue weighted by Crippen LogP contribution is -2.36. The lowest BCUT2D eigenvalue weighted by Gasteiger charge is -2.23. The molecule has 8 heteroatoms. The summed E-state index contributed by atoms with van der Waals surface area (Å²) in [5, 5.41) is 7.93. The third-order valence-corrected chi connectivity index (χ3v) is 5.70. The number of esters is 1. The van der Waals surface area contributed by atoms with Crippen LogP contribution in [0, 0.1) is 0 Å². The van der Waals surface area contributed by atoms with Gasteiger partial charge in [-0.1, -0.05) is 67.6 Å². The van der Waals surface area contributed by atoms with Crippen molar-refractivity contribution >= 4 is 23.9 Å². The molecule has 0 saturated heterocycles. The first-order valence-electron chi connectivity index (χ1n) is 10.7. The van der Waals surface area contributed by atoms with Crippen molar-refractivity contribution < 1.29 is 14.3 Å². The second-order valence-corrected chi connectivity index (χ2v) is 8.08. The third kappa shape index (κ3) is 6.37. The van der Waals surface area contributed by atoms with Crippen LogP contribution in [0.5, 0.6) is 0 Å². The van der Waals surface area contributed by atoms with E-state index in [0.717, 1.165) is 17.5 Å². The van der Waals surface area contributed by atoms with Crippen LogP contribution in [0.15, 0.2) is 71.9 Å². The Morgan fingerprint density at radius 2 is 1.69 bits per heavy atom. The van der Waals surface area contributed by atoms with Crippen LogP contribution in [0.1, 0.15) is 41.8 Å². The average Bonchev–Trinajstić information content (AvgIpc) is 3.20. The molecule has 3 aromatic rings. The average molecular weight is 453 g/mol. The highest BCUT2D eigenvalue weighted by atomic mass is 32.2. The van der Waals surface area contributed by atoms with Crippen molar-refractivity contribution in [2.24, 2.45) is 0 Å². The predicted molar refractivity (Wildman–Crippen MR) is 125 cm³/mol. The normalized spacial score (nSPS) is 10.6. The lowest BCUT2D eigenvalue weighted by atomic mass is 10.2.